The van der Waals surface area contributed by atoms with Crippen molar-refractivity contribution in [2.45, 2.75) is 12.5 Å². The molecule has 0 saturated heterocycles. The fourth-order valence-corrected chi connectivity index (χ4v) is 2.46. The molecule has 1 aromatic carbocycles. The second-order valence-electron chi connectivity index (χ2n) is 3.92. The van der Waals surface area contributed by atoms with E-state index in [2.05, 4.69) is 26.2 Å². The van der Waals surface area contributed by atoms with Crippen molar-refractivity contribution in [3.63, 3.8) is 0 Å². The maximum Gasteiger partial charge on any atom is 0.154 e. The number of aliphatic hydroxyl groups excluding tert-OH is 1. The first kappa shape index (κ1) is 13.0. The molecule has 1 aromatic heterocycles. The molecule has 1 N–H and O–H groups in total. The van der Waals surface area contributed by atoms with Crippen LogP contribution >= 0.6 is 15.9 Å². The molecule has 0 bridgehead atoms. The molecule has 0 aliphatic rings. The molecule has 0 saturated carbocycles. The third kappa shape index (κ3) is 2.54. The molecule has 5 nitrogen and oxygen atoms in total. The van der Waals surface area contributed by atoms with Crippen LogP contribution in [0.4, 0.5) is 0 Å². The van der Waals surface area contributed by atoms with Gasteiger partial charge in [0.15, 0.2) is 4.60 Å². The molecule has 6 heteroatoms. The number of aliphatic hydroxyl groups is 1. The highest BCUT2D eigenvalue weighted by atomic mass is 79.9. The van der Waals surface area contributed by atoms with Crippen LogP contribution in [0.25, 0.3) is 0 Å². The van der Waals surface area contributed by atoms with E-state index in [0.29, 0.717) is 16.7 Å². The first-order valence-electron chi connectivity index (χ1n) is 5.48. The van der Waals surface area contributed by atoms with E-state index < -0.39 is 6.10 Å². The van der Waals surface area contributed by atoms with Gasteiger partial charge in [0, 0.05) is 13.5 Å². The number of hydrogen-bond acceptors (Lipinski definition) is 4. The topological polar surface area (TPSA) is 60.2 Å². The number of ether oxygens (including phenoxy) is 1. The average molecular weight is 312 g/mol. The highest BCUT2D eigenvalue weighted by Crippen LogP contribution is 2.27. The van der Waals surface area contributed by atoms with Crippen LogP contribution in [0.3, 0.4) is 0 Å². The number of nitrogens with zero attached hydrogens (tertiary/aromatic N) is 3. The number of hydrogen-bond donors (Lipinski definition) is 1. The van der Waals surface area contributed by atoms with E-state index in [0.717, 1.165) is 11.3 Å². The van der Waals surface area contributed by atoms with Gasteiger partial charge in [-0.1, -0.05) is 23.4 Å². The average Bonchev–Trinajstić information content (AvgIpc) is 2.69. The predicted octanol–water partition coefficient (Wildman–Crippen LogP) is 1.86. The lowest BCUT2D eigenvalue weighted by Crippen LogP contribution is -2.09. The third-order valence-electron chi connectivity index (χ3n) is 2.75. The van der Waals surface area contributed by atoms with Gasteiger partial charge in [-0.2, -0.15) is 0 Å². The summed E-state index contributed by atoms with van der Waals surface area (Å²) in [5, 5.41) is 18.0. The van der Waals surface area contributed by atoms with Crippen LogP contribution in [0.1, 0.15) is 17.4 Å². The Morgan fingerprint density at radius 2 is 2.17 bits per heavy atom. The Morgan fingerprint density at radius 3 is 2.78 bits per heavy atom. The Labute approximate surface area is 114 Å². The Morgan fingerprint density at radius 1 is 1.44 bits per heavy atom. The van der Waals surface area contributed by atoms with Gasteiger partial charge in [-0.05, 0) is 27.6 Å². The molecule has 0 fully saturated rings. The fraction of sp³-hybridized carbons (Fsp3) is 0.333. The maximum atomic E-state index is 10.3. The largest absolute Gasteiger partial charge is 0.496 e. The number of rotatable bonds is 4. The smallest absolute Gasteiger partial charge is 0.154 e. The summed E-state index contributed by atoms with van der Waals surface area (Å²) >= 11 is 3.28. The third-order valence-corrected chi connectivity index (χ3v) is 3.31. The Kier molecular flexibility index (Phi) is 3.98. The van der Waals surface area contributed by atoms with Gasteiger partial charge >= 0.3 is 0 Å². The second kappa shape index (κ2) is 5.49. The lowest BCUT2D eigenvalue weighted by atomic mass is 10.1. The number of benzene rings is 1. The summed E-state index contributed by atoms with van der Waals surface area (Å²) in [5.74, 6) is 0.766. The van der Waals surface area contributed by atoms with E-state index in [4.69, 9.17) is 4.74 Å². The van der Waals surface area contributed by atoms with Crippen molar-refractivity contribution >= 4 is 15.9 Å². The highest BCUT2D eigenvalue weighted by Gasteiger charge is 2.19. The fourth-order valence-electron chi connectivity index (χ4n) is 1.87. The zero-order valence-electron chi connectivity index (χ0n) is 10.2. The Balaban J connectivity index is 2.24. The van der Waals surface area contributed by atoms with Gasteiger partial charge in [-0.15, -0.1) is 5.10 Å². The minimum Gasteiger partial charge on any atom is -0.496 e. The van der Waals surface area contributed by atoms with E-state index in [1.54, 1.807) is 18.8 Å². The van der Waals surface area contributed by atoms with Crippen LogP contribution in [0.2, 0.25) is 0 Å². The minimum atomic E-state index is -0.685. The van der Waals surface area contributed by atoms with E-state index in [1.807, 2.05) is 24.3 Å². The van der Waals surface area contributed by atoms with Crippen LogP contribution in [0.5, 0.6) is 5.75 Å². The van der Waals surface area contributed by atoms with Gasteiger partial charge in [0.1, 0.15) is 17.5 Å². The molecule has 0 aliphatic heterocycles. The molecule has 96 valence electrons. The van der Waals surface area contributed by atoms with Crippen molar-refractivity contribution in [3.8, 4) is 5.75 Å². The van der Waals surface area contributed by atoms with Crippen LogP contribution in [-0.4, -0.2) is 27.2 Å². The summed E-state index contributed by atoms with van der Waals surface area (Å²) < 4.78 is 7.39. The van der Waals surface area contributed by atoms with Gasteiger partial charge < -0.3 is 9.84 Å². The van der Waals surface area contributed by atoms with Crippen LogP contribution in [-0.2, 0) is 13.5 Å². The molecule has 1 atom stereocenters. The number of halogens is 1. The zero-order valence-corrected chi connectivity index (χ0v) is 11.8. The van der Waals surface area contributed by atoms with Crippen molar-refractivity contribution in [1.82, 2.24) is 15.0 Å². The molecule has 0 amide bonds. The SMILES string of the molecule is COc1ccccc1CC(O)c1c(Br)nnn1C. The number of aryl methyl sites for hydroxylation is 1. The molecular formula is C12H14BrN3O2. The van der Waals surface area contributed by atoms with Crippen molar-refractivity contribution in [1.29, 1.82) is 0 Å². The first-order valence-corrected chi connectivity index (χ1v) is 6.27. The quantitative estimate of drug-likeness (QED) is 0.936. The van der Waals surface area contributed by atoms with Gasteiger partial charge in [0.05, 0.1) is 7.11 Å². The zero-order chi connectivity index (χ0) is 13.1. The van der Waals surface area contributed by atoms with Crippen molar-refractivity contribution in [3.05, 3.63) is 40.1 Å². The lowest BCUT2D eigenvalue weighted by Gasteiger charge is -2.13. The van der Waals surface area contributed by atoms with Crippen molar-refractivity contribution in [2.24, 2.45) is 7.05 Å². The van der Waals surface area contributed by atoms with Gasteiger partial charge in [0.2, 0.25) is 0 Å². The maximum absolute atomic E-state index is 10.3. The minimum absolute atomic E-state index is 0.448. The molecule has 0 radical (unpaired) electrons. The normalized spacial score (nSPS) is 12.4. The molecule has 2 rings (SSSR count). The van der Waals surface area contributed by atoms with Gasteiger partial charge in [-0.3, -0.25) is 0 Å². The molecular weight excluding hydrogens is 298 g/mol. The highest BCUT2D eigenvalue weighted by molar-refractivity contribution is 9.10. The van der Waals surface area contributed by atoms with Crippen molar-refractivity contribution in [2.75, 3.05) is 7.11 Å². The van der Waals surface area contributed by atoms with Crippen LogP contribution < -0.4 is 4.74 Å². The summed E-state index contributed by atoms with van der Waals surface area (Å²) in [4.78, 5) is 0. The van der Waals surface area contributed by atoms with E-state index >= 15 is 0 Å². The summed E-state index contributed by atoms with van der Waals surface area (Å²) in [7, 11) is 3.37. The first-order chi connectivity index (χ1) is 8.63. The van der Waals surface area contributed by atoms with Crippen LogP contribution in [0.15, 0.2) is 28.9 Å². The van der Waals surface area contributed by atoms with E-state index in [1.165, 1.54) is 0 Å². The number of para-hydroxylation sites is 1. The Hall–Kier alpha value is -1.40. The van der Waals surface area contributed by atoms with E-state index in [9.17, 15) is 5.11 Å². The monoisotopic (exact) mass is 311 g/mol. The number of methoxy groups -OCH3 is 1. The summed E-state index contributed by atoms with van der Waals surface area (Å²) in [6.45, 7) is 0. The molecule has 2 aromatic rings. The lowest BCUT2D eigenvalue weighted by molar-refractivity contribution is 0.166. The second-order valence-corrected chi connectivity index (χ2v) is 4.67. The van der Waals surface area contributed by atoms with Gasteiger partial charge in [0.25, 0.3) is 0 Å². The number of aromatic nitrogens is 3. The molecule has 1 heterocycles. The predicted molar refractivity (Wildman–Crippen MR) is 70.4 cm³/mol. The molecule has 0 aliphatic carbocycles. The summed E-state index contributed by atoms with van der Waals surface area (Å²) in [6.07, 6.45) is -0.236. The summed E-state index contributed by atoms with van der Waals surface area (Å²) in [5.41, 5.74) is 1.60. The molecule has 1 unspecified atom stereocenters. The van der Waals surface area contributed by atoms with Gasteiger partial charge in [-0.25, -0.2) is 4.68 Å². The van der Waals surface area contributed by atoms with Crippen LogP contribution in [0, 0.1) is 0 Å². The molecule has 0 spiro atoms. The molecule has 18 heavy (non-hydrogen) atoms. The van der Waals surface area contributed by atoms with Crippen molar-refractivity contribution < 1.29 is 9.84 Å². The van der Waals surface area contributed by atoms with E-state index in [-0.39, 0.29) is 0 Å². The summed E-state index contributed by atoms with van der Waals surface area (Å²) in [6, 6.07) is 7.62. The standard InChI is InChI=1S/C12H14BrN3O2/c1-16-11(12(13)14-15-16)9(17)7-8-5-3-4-6-10(8)18-2/h3-6,9,17H,7H2,1-2H3. The Bertz CT molecular complexity index is 522.